The molecule has 0 spiro atoms. The van der Waals surface area contributed by atoms with Crippen LogP contribution in [0.2, 0.25) is 15.3 Å². The molecule has 2 aliphatic heterocycles. The van der Waals surface area contributed by atoms with Crippen molar-refractivity contribution in [1.29, 1.82) is 0 Å². The Labute approximate surface area is 223 Å². The second-order valence-corrected chi connectivity index (χ2v) is 12.1. The molecule has 1 saturated heterocycles. The Hall–Kier alpha value is -2.30. The average Bonchev–Trinajstić information content (AvgIpc) is 3.27. The molecule has 2 aromatic heterocycles. The molecule has 0 aliphatic carbocycles. The lowest BCUT2D eigenvalue weighted by molar-refractivity contribution is 0.0787. The molecule has 1 aromatic carbocycles. The van der Waals surface area contributed by atoms with Crippen LogP contribution in [0.25, 0.3) is 17.3 Å². The molecule has 8 nitrogen and oxygen atoms in total. The number of benzene rings is 1. The van der Waals surface area contributed by atoms with E-state index in [1.165, 1.54) is 4.68 Å². The SMILES string of the molecule is O=C(NN1CCCCCC1)c1nn(-c2ccc(Cl)cc2Cl)c2c1CS(=O)(=O)C/C2=C\c1ccc(Cl)o1. The van der Waals surface area contributed by atoms with Gasteiger partial charge in [-0.25, -0.2) is 18.1 Å². The summed E-state index contributed by atoms with van der Waals surface area (Å²) in [5.74, 6) is -0.673. The average molecular weight is 570 g/mol. The van der Waals surface area contributed by atoms with Gasteiger partial charge in [0.25, 0.3) is 5.91 Å². The third-order valence-corrected chi connectivity index (χ3v) is 8.38. The molecule has 36 heavy (non-hydrogen) atoms. The Balaban J connectivity index is 1.66. The van der Waals surface area contributed by atoms with Crippen LogP contribution < -0.4 is 5.43 Å². The highest BCUT2D eigenvalue weighted by molar-refractivity contribution is 7.91. The zero-order valence-electron chi connectivity index (χ0n) is 19.1. The molecule has 190 valence electrons. The fourth-order valence-corrected chi connectivity index (χ4v) is 6.72. The smallest absolute Gasteiger partial charge is 0.286 e. The van der Waals surface area contributed by atoms with E-state index in [2.05, 4.69) is 10.5 Å². The molecule has 0 unspecified atom stereocenters. The maximum absolute atomic E-state index is 13.4. The fourth-order valence-electron chi connectivity index (χ4n) is 4.57. The number of hydrazine groups is 1. The molecule has 1 N–H and O–H groups in total. The van der Waals surface area contributed by atoms with Gasteiger partial charge < -0.3 is 4.42 Å². The Kier molecular flexibility index (Phi) is 7.20. The molecule has 4 heterocycles. The quantitative estimate of drug-likeness (QED) is 0.451. The maximum atomic E-state index is 13.4. The van der Waals surface area contributed by atoms with Gasteiger partial charge in [0.05, 0.1) is 27.9 Å². The summed E-state index contributed by atoms with van der Waals surface area (Å²) >= 11 is 18.5. The van der Waals surface area contributed by atoms with Crippen molar-refractivity contribution in [2.75, 3.05) is 18.8 Å². The zero-order chi connectivity index (χ0) is 25.4. The van der Waals surface area contributed by atoms with Crippen LogP contribution in [0.4, 0.5) is 0 Å². The van der Waals surface area contributed by atoms with Crippen LogP contribution in [-0.4, -0.2) is 48.0 Å². The van der Waals surface area contributed by atoms with Gasteiger partial charge in [-0.15, -0.1) is 0 Å². The Morgan fingerprint density at radius 1 is 1.03 bits per heavy atom. The van der Waals surface area contributed by atoms with E-state index in [-0.39, 0.29) is 22.4 Å². The first-order chi connectivity index (χ1) is 17.2. The summed E-state index contributed by atoms with van der Waals surface area (Å²) in [4.78, 5) is 13.4. The van der Waals surface area contributed by atoms with Gasteiger partial charge in [0.1, 0.15) is 5.76 Å². The van der Waals surface area contributed by atoms with E-state index < -0.39 is 15.7 Å². The summed E-state index contributed by atoms with van der Waals surface area (Å²) < 4.78 is 32.9. The van der Waals surface area contributed by atoms with Crippen molar-refractivity contribution in [3.8, 4) is 5.69 Å². The number of nitrogens with one attached hydrogen (secondary N) is 1. The summed E-state index contributed by atoms with van der Waals surface area (Å²) in [5.41, 5.74) is 4.62. The molecule has 1 amide bonds. The van der Waals surface area contributed by atoms with Gasteiger partial charge in [-0.1, -0.05) is 36.0 Å². The van der Waals surface area contributed by atoms with Crippen LogP contribution in [0.1, 0.15) is 53.2 Å². The van der Waals surface area contributed by atoms with Crippen molar-refractivity contribution in [2.45, 2.75) is 31.4 Å². The molecule has 2 aliphatic rings. The second kappa shape index (κ2) is 10.2. The third kappa shape index (κ3) is 5.35. The van der Waals surface area contributed by atoms with Crippen LogP contribution in [0.3, 0.4) is 0 Å². The van der Waals surface area contributed by atoms with Gasteiger partial charge in [0.15, 0.2) is 20.8 Å². The normalized spacial score (nSPS) is 19.1. The Morgan fingerprint density at radius 3 is 2.44 bits per heavy atom. The van der Waals surface area contributed by atoms with Gasteiger partial charge >= 0.3 is 0 Å². The van der Waals surface area contributed by atoms with Gasteiger partial charge in [-0.2, -0.15) is 5.10 Å². The van der Waals surface area contributed by atoms with E-state index in [0.717, 1.165) is 38.8 Å². The summed E-state index contributed by atoms with van der Waals surface area (Å²) in [6.07, 6.45) is 5.75. The molecular weight excluding hydrogens is 547 g/mol. The van der Waals surface area contributed by atoms with E-state index in [0.29, 0.717) is 38.3 Å². The molecule has 1 fully saturated rings. The zero-order valence-corrected chi connectivity index (χ0v) is 22.2. The van der Waals surface area contributed by atoms with Crippen LogP contribution in [0, 0.1) is 0 Å². The van der Waals surface area contributed by atoms with Crippen LogP contribution >= 0.6 is 34.8 Å². The minimum absolute atomic E-state index is 0.0342. The number of carbonyl (C=O) groups is 1. The van der Waals surface area contributed by atoms with Crippen molar-refractivity contribution < 1.29 is 17.6 Å². The topological polar surface area (TPSA) is 97.4 Å². The molecule has 5 rings (SSSR count). The Bertz CT molecular complexity index is 1450. The summed E-state index contributed by atoms with van der Waals surface area (Å²) in [7, 11) is -3.58. The fraction of sp³-hybridized carbons (Fsp3) is 0.333. The third-order valence-electron chi connectivity index (χ3n) is 6.16. The molecular formula is C24H23Cl3N4O4S. The number of amides is 1. The van der Waals surface area contributed by atoms with Gasteiger partial charge in [-0.3, -0.25) is 10.2 Å². The highest BCUT2D eigenvalue weighted by atomic mass is 35.5. The maximum Gasteiger partial charge on any atom is 0.286 e. The number of furan rings is 1. The highest BCUT2D eigenvalue weighted by Gasteiger charge is 2.36. The predicted octanol–water partition coefficient (Wildman–Crippen LogP) is 5.42. The van der Waals surface area contributed by atoms with Crippen molar-refractivity contribution in [1.82, 2.24) is 20.2 Å². The van der Waals surface area contributed by atoms with Crippen molar-refractivity contribution in [3.05, 3.63) is 68.3 Å². The number of carbonyl (C=O) groups excluding carboxylic acids is 1. The van der Waals surface area contributed by atoms with Crippen molar-refractivity contribution in [3.63, 3.8) is 0 Å². The molecule has 0 bridgehead atoms. The predicted molar refractivity (Wildman–Crippen MR) is 140 cm³/mol. The lowest BCUT2D eigenvalue weighted by Crippen LogP contribution is -2.43. The van der Waals surface area contributed by atoms with Gasteiger partial charge in [-0.05, 0) is 66.4 Å². The summed E-state index contributed by atoms with van der Waals surface area (Å²) in [5, 5.41) is 7.38. The second-order valence-electron chi connectivity index (χ2n) is 8.87. The Morgan fingerprint density at radius 2 is 1.78 bits per heavy atom. The largest absolute Gasteiger partial charge is 0.445 e. The summed E-state index contributed by atoms with van der Waals surface area (Å²) in [6.45, 7) is 1.45. The minimum Gasteiger partial charge on any atom is -0.445 e. The minimum atomic E-state index is -3.58. The van der Waals surface area contributed by atoms with E-state index in [1.54, 1.807) is 36.4 Å². The first-order valence-corrected chi connectivity index (χ1v) is 14.5. The number of fused-ring (bicyclic) bond motifs is 1. The number of sulfone groups is 1. The molecule has 0 saturated carbocycles. The first kappa shape index (κ1) is 25.4. The van der Waals surface area contributed by atoms with Crippen molar-refractivity contribution in [2.24, 2.45) is 0 Å². The number of aromatic nitrogens is 2. The standard InChI is InChI=1S/C24H23Cl3N4O4S/c25-16-5-7-20(19(26)12-16)31-23-15(11-17-6-8-21(27)35-17)13-36(33,34)14-18(23)22(28-31)24(32)29-30-9-3-1-2-4-10-30/h5-8,11-12H,1-4,9-10,13-14H2,(H,29,32)/b15-11+. The van der Waals surface area contributed by atoms with E-state index in [4.69, 9.17) is 39.2 Å². The van der Waals surface area contributed by atoms with Crippen molar-refractivity contribution >= 4 is 62.2 Å². The molecule has 12 heteroatoms. The van der Waals surface area contributed by atoms with Crippen LogP contribution in [0.5, 0.6) is 0 Å². The molecule has 0 radical (unpaired) electrons. The van der Waals surface area contributed by atoms with Crippen LogP contribution in [0.15, 0.2) is 34.7 Å². The highest BCUT2D eigenvalue weighted by Crippen LogP contribution is 2.37. The van der Waals surface area contributed by atoms with Gasteiger partial charge in [0, 0.05) is 23.7 Å². The lowest BCUT2D eigenvalue weighted by atomic mass is 10.1. The van der Waals surface area contributed by atoms with E-state index in [9.17, 15) is 13.2 Å². The number of hydrogen-bond acceptors (Lipinski definition) is 6. The molecule has 0 atom stereocenters. The first-order valence-electron chi connectivity index (χ1n) is 11.5. The number of nitrogens with zero attached hydrogens (tertiary/aromatic N) is 3. The van der Waals surface area contributed by atoms with E-state index >= 15 is 0 Å². The molecule has 3 aromatic rings. The lowest BCUT2D eigenvalue weighted by Gasteiger charge is -2.21. The van der Waals surface area contributed by atoms with Gasteiger partial charge in [0.2, 0.25) is 0 Å². The summed E-state index contributed by atoms with van der Waals surface area (Å²) in [6, 6.07) is 8.11. The van der Waals surface area contributed by atoms with Crippen LogP contribution in [-0.2, 0) is 15.6 Å². The number of halogens is 3. The number of hydrogen-bond donors (Lipinski definition) is 1. The number of rotatable bonds is 4. The monoisotopic (exact) mass is 568 g/mol. The van der Waals surface area contributed by atoms with E-state index in [1.807, 2.05) is 5.01 Å².